The summed E-state index contributed by atoms with van der Waals surface area (Å²) < 4.78 is 1.99. The first kappa shape index (κ1) is 12.0. The van der Waals surface area contributed by atoms with Gasteiger partial charge in [0.2, 0.25) is 0 Å². The molecule has 0 fully saturated rings. The second-order valence-electron chi connectivity index (χ2n) is 4.33. The van der Waals surface area contributed by atoms with E-state index < -0.39 is 0 Å². The molecule has 0 amide bonds. The lowest BCUT2D eigenvalue weighted by Crippen LogP contribution is -2.01. The topological polar surface area (TPSA) is 50.9 Å². The van der Waals surface area contributed by atoms with Crippen molar-refractivity contribution in [2.24, 2.45) is 0 Å². The van der Waals surface area contributed by atoms with Crippen LogP contribution in [0.25, 0.3) is 11.0 Å². The SMILES string of the molecule is CCCCc1cc2c(ncn2CCO)c(C)n1. The first-order chi connectivity index (χ1) is 8.26. The zero-order chi connectivity index (χ0) is 12.3. The fourth-order valence-corrected chi connectivity index (χ4v) is 2.05. The molecule has 0 spiro atoms. The van der Waals surface area contributed by atoms with Gasteiger partial charge in [0.05, 0.1) is 24.1 Å². The van der Waals surface area contributed by atoms with E-state index >= 15 is 0 Å². The van der Waals surface area contributed by atoms with Crippen molar-refractivity contribution < 1.29 is 5.11 Å². The van der Waals surface area contributed by atoms with Crippen LogP contribution in [-0.2, 0) is 13.0 Å². The number of aliphatic hydroxyl groups excluding tert-OH is 1. The predicted molar refractivity (Wildman–Crippen MR) is 68.0 cm³/mol. The summed E-state index contributed by atoms with van der Waals surface area (Å²) in [6.45, 7) is 4.90. The summed E-state index contributed by atoms with van der Waals surface area (Å²) in [5.74, 6) is 0. The van der Waals surface area contributed by atoms with Gasteiger partial charge >= 0.3 is 0 Å². The second kappa shape index (κ2) is 5.27. The zero-order valence-electron chi connectivity index (χ0n) is 10.5. The van der Waals surface area contributed by atoms with E-state index in [0.29, 0.717) is 6.54 Å². The van der Waals surface area contributed by atoms with Crippen molar-refractivity contribution in [3.63, 3.8) is 0 Å². The molecule has 2 rings (SSSR count). The Morgan fingerprint density at radius 3 is 2.94 bits per heavy atom. The van der Waals surface area contributed by atoms with Crippen LogP contribution in [0.4, 0.5) is 0 Å². The lowest BCUT2D eigenvalue weighted by atomic mass is 10.1. The fraction of sp³-hybridized carbons (Fsp3) is 0.538. The average molecular weight is 233 g/mol. The number of nitrogens with zero attached hydrogens (tertiary/aromatic N) is 3. The van der Waals surface area contributed by atoms with Crippen LogP contribution in [0.1, 0.15) is 31.2 Å². The normalized spacial score (nSPS) is 11.2. The van der Waals surface area contributed by atoms with E-state index in [-0.39, 0.29) is 6.61 Å². The van der Waals surface area contributed by atoms with Gasteiger partial charge in [0.15, 0.2) is 0 Å². The lowest BCUT2D eigenvalue weighted by molar-refractivity contribution is 0.278. The summed E-state index contributed by atoms with van der Waals surface area (Å²) in [6, 6.07) is 2.10. The van der Waals surface area contributed by atoms with Crippen molar-refractivity contribution in [1.82, 2.24) is 14.5 Å². The molecule has 17 heavy (non-hydrogen) atoms. The highest BCUT2D eigenvalue weighted by atomic mass is 16.3. The molecule has 0 radical (unpaired) electrons. The maximum Gasteiger partial charge on any atom is 0.110 e. The van der Waals surface area contributed by atoms with Crippen LogP contribution in [0.2, 0.25) is 0 Å². The molecule has 0 atom stereocenters. The Morgan fingerprint density at radius 1 is 1.41 bits per heavy atom. The molecule has 0 aliphatic carbocycles. The third-order valence-corrected chi connectivity index (χ3v) is 2.96. The monoisotopic (exact) mass is 233 g/mol. The number of imidazole rings is 1. The maximum atomic E-state index is 9.01. The molecule has 92 valence electrons. The van der Waals surface area contributed by atoms with Crippen LogP contribution in [-0.4, -0.2) is 26.2 Å². The molecule has 0 aromatic carbocycles. The van der Waals surface area contributed by atoms with E-state index in [2.05, 4.69) is 23.0 Å². The van der Waals surface area contributed by atoms with Gasteiger partial charge in [-0.05, 0) is 25.8 Å². The molecule has 2 aromatic heterocycles. The van der Waals surface area contributed by atoms with Crippen molar-refractivity contribution >= 4 is 11.0 Å². The van der Waals surface area contributed by atoms with Crippen molar-refractivity contribution in [2.75, 3.05) is 6.61 Å². The minimum absolute atomic E-state index is 0.136. The highest BCUT2D eigenvalue weighted by molar-refractivity contribution is 5.77. The molecule has 4 heteroatoms. The lowest BCUT2D eigenvalue weighted by Gasteiger charge is -2.05. The fourth-order valence-electron chi connectivity index (χ4n) is 2.05. The van der Waals surface area contributed by atoms with Crippen molar-refractivity contribution in [2.45, 2.75) is 39.7 Å². The first-order valence-electron chi connectivity index (χ1n) is 6.18. The van der Waals surface area contributed by atoms with Crippen LogP contribution in [0.15, 0.2) is 12.4 Å². The number of unbranched alkanes of at least 4 members (excludes halogenated alkanes) is 1. The number of hydrogen-bond donors (Lipinski definition) is 1. The van der Waals surface area contributed by atoms with Crippen molar-refractivity contribution in [3.8, 4) is 0 Å². The first-order valence-corrected chi connectivity index (χ1v) is 6.18. The third-order valence-electron chi connectivity index (χ3n) is 2.96. The van der Waals surface area contributed by atoms with Crippen molar-refractivity contribution in [1.29, 1.82) is 0 Å². The predicted octanol–water partition coefficient (Wildman–Crippen LogP) is 2.07. The van der Waals surface area contributed by atoms with Gasteiger partial charge in [-0.2, -0.15) is 0 Å². The van der Waals surface area contributed by atoms with E-state index in [9.17, 15) is 0 Å². The maximum absolute atomic E-state index is 9.01. The highest BCUT2D eigenvalue weighted by Gasteiger charge is 2.08. The number of aliphatic hydroxyl groups is 1. The van der Waals surface area contributed by atoms with Gasteiger partial charge in [0, 0.05) is 12.2 Å². The number of aryl methyl sites for hydroxylation is 2. The van der Waals surface area contributed by atoms with Crippen LogP contribution >= 0.6 is 0 Å². The molecule has 4 nitrogen and oxygen atoms in total. The summed E-state index contributed by atoms with van der Waals surface area (Å²) in [7, 11) is 0. The minimum atomic E-state index is 0.136. The summed E-state index contributed by atoms with van der Waals surface area (Å²) in [5.41, 5.74) is 4.12. The number of rotatable bonds is 5. The van der Waals surface area contributed by atoms with Gasteiger partial charge in [-0.15, -0.1) is 0 Å². The molecule has 0 bridgehead atoms. The quantitative estimate of drug-likeness (QED) is 0.860. The molecule has 0 saturated heterocycles. The van der Waals surface area contributed by atoms with Gasteiger partial charge in [-0.25, -0.2) is 4.98 Å². The molecule has 2 heterocycles. The summed E-state index contributed by atoms with van der Waals surface area (Å²) in [6.07, 6.45) is 5.12. The summed E-state index contributed by atoms with van der Waals surface area (Å²) in [5, 5.41) is 9.01. The van der Waals surface area contributed by atoms with Gasteiger partial charge < -0.3 is 9.67 Å². The van der Waals surface area contributed by atoms with E-state index in [1.165, 1.54) is 6.42 Å². The van der Waals surface area contributed by atoms with Gasteiger partial charge in [-0.1, -0.05) is 13.3 Å². The van der Waals surface area contributed by atoms with Crippen molar-refractivity contribution in [3.05, 3.63) is 23.8 Å². The van der Waals surface area contributed by atoms with Crippen LogP contribution in [0, 0.1) is 6.92 Å². The Kier molecular flexibility index (Phi) is 3.74. The van der Waals surface area contributed by atoms with Crippen LogP contribution < -0.4 is 0 Å². The van der Waals surface area contributed by atoms with Gasteiger partial charge in [0.1, 0.15) is 5.52 Å². The minimum Gasteiger partial charge on any atom is -0.395 e. The van der Waals surface area contributed by atoms with Crippen LogP contribution in [0.3, 0.4) is 0 Å². The number of fused-ring (bicyclic) bond motifs is 1. The third kappa shape index (κ3) is 2.47. The largest absolute Gasteiger partial charge is 0.395 e. The smallest absolute Gasteiger partial charge is 0.110 e. The Morgan fingerprint density at radius 2 is 2.24 bits per heavy atom. The second-order valence-corrected chi connectivity index (χ2v) is 4.33. The molecule has 2 aromatic rings. The Balaban J connectivity index is 2.41. The molecular weight excluding hydrogens is 214 g/mol. The Bertz CT molecular complexity index is 505. The Hall–Kier alpha value is -1.42. The average Bonchev–Trinajstić information content (AvgIpc) is 2.71. The van der Waals surface area contributed by atoms with E-state index in [1.807, 2.05) is 11.5 Å². The molecule has 0 unspecified atom stereocenters. The summed E-state index contributed by atoms with van der Waals surface area (Å²) >= 11 is 0. The van der Waals surface area contributed by atoms with Crippen LogP contribution in [0.5, 0.6) is 0 Å². The van der Waals surface area contributed by atoms with Gasteiger partial charge in [-0.3, -0.25) is 4.98 Å². The molecule has 0 saturated carbocycles. The van der Waals surface area contributed by atoms with E-state index in [0.717, 1.165) is 35.3 Å². The molecule has 0 aliphatic rings. The Labute approximate surface area is 101 Å². The van der Waals surface area contributed by atoms with E-state index in [1.54, 1.807) is 6.33 Å². The zero-order valence-corrected chi connectivity index (χ0v) is 10.5. The molecule has 1 N–H and O–H groups in total. The number of pyridine rings is 1. The number of aromatic nitrogens is 3. The molecular formula is C13H19N3O. The molecule has 0 aliphatic heterocycles. The number of hydrogen-bond acceptors (Lipinski definition) is 3. The van der Waals surface area contributed by atoms with E-state index in [4.69, 9.17) is 5.11 Å². The standard InChI is InChI=1S/C13H19N3O/c1-3-4-5-11-8-12-13(10(2)15-11)14-9-16(12)6-7-17/h8-9,17H,3-7H2,1-2H3. The highest BCUT2D eigenvalue weighted by Crippen LogP contribution is 2.18. The summed E-state index contributed by atoms with van der Waals surface area (Å²) in [4.78, 5) is 8.92. The van der Waals surface area contributed by atoms with Gasteiger partial charge in [0.25, 0.3) is 0 Å².